The number of halogens is 2. The molecule has 0 aliphatic carbocycles. The summed E-state index contributed by atoms with van der Waals surface area (Å²) in [7, 11) is 1.26. The van der Waals surface area contributed by atoms with Gasteiger partial charge in [0.2, 0.25) is 0 Å². The van der Waals surface area contributed by atoms with Gasteiger partial charge >= 0.3 is 0 Å². The molecular formula is C28H26F2O. The van der Waals surface area contributed by atoms with E-state index in [4.69, 9.17) is 4.74 Å². The molecule has 4 rings (SSSR count). The fourth-order valence-electron chi connectivity index (χ4n) is 3.99. The molecule has 4 aromatic rings. The minimum absolute atomic E-state index is 0.356. The van der Waals surface area contributed by atoms with E-state index >= 15 is 0 Å². The number of ether oxygens (including phenoxy) is 1. The minimum Gasteiger partial charge on any atom is -0.491 e. The normalized spacial score (nSPS) is 11.1. The van der Waals surface area contributed by atoms with Crippen LogP contribution >= 0.6 is 0 Å². The molecule has 0 fully saturated rings. The van der Waals surface area contributed by atoms with E-state index in [0.717, 1.165) is 23.1 Å². The molecule has 0 aromatic heterocycles. The first-order valence-electron chi connectivity index (χ1n) is 10.8. The van der Waals surface area contributed by atoms with Crippen LogP contribution in [0.4, 0.5) is 8.78 Å². The van der Waals surface area contributed by atoms with Gasteiger partial charge in [0, 0.05) is 0 Å². The van der Waals surface area contributed by atoms with Crippen molar-refractivity contribution in [3.8, 4) is 28.0 Å². The maximum absolute atomic E-state index is 14.0. The van der Waals surface area contributed by atoms with E-state index in [1.807, 2.05) is 24.3 Å². The second kappa shape index (κ2) is 9.30. The monoisotopic (exact) mass is 416 g/mol. The van der Waals surface area contributed by atoms with Gasteiger partial charge in [0.15, 0.2) is 17.4 Å². The fourth-order valence-corrected chi connectivity index (χ4v) is 3.99. The summed E-state index contributed by atoms with van der Waals surface area (Å²) in [5.74, 6) is -1.76. The van der Waals surface area contributed by atoms with Crippen molar-refractivity contribution in [1.29, 1.82) is 0 Å². The molecule has 4 aromatic carbocycles. The molecule has 0 unspecified atom stereocenters. The number of aryl methyl sites for hydroxylation is 1. The van der Waals surface area contributed by atoms with Gasteiger partial charge < -0.3 is 4.74 Å². The molecular weight excluding hydrogens is 390 g/mol. The summed E-state index contributed by atoms with van der Waals surface area (Å²) in [4.78, 5) is 0. The number of benzene rings is 4. The molecule has 0 spiro atoms. The number of rotatable bonds is 7. The maximum Gasteiger partial charge on any atom is 0.190 e. The summed E-state index contributed by atoms with van der Waals surface area (Å²) in [5.41, 5.74) is 4.80. The second-order valence-electron chi connectivity index (χ2n) is 7.90. The standard InChI is InChI=1S/C28H26F2O/c1-3-4-5-6-19-7-8-24-16-23(14-13-22(24)15-19)20-9-11-21(12-10-20)25-17-26(29)28(31-2)27(30)18-25/h7-18H,3-6H2,1-2H3. The molecule has 0 bridgehead atoms. The van der Waals surface area contributed by atoms with Gasteiger partial charge in [0.25, 0.3) is 0 Å². The van der Waals surface area contributed by atoms with Crippen molar-refractivity contribution in [3.05, 3.63) is 90.0 Å². The maximum atomic E-state index is 14.0. The minimum atomic E-state index is -0.704. The van der Waals surface area contributed by atoms with Crippen molar-refractivity contribution in [2.24, 2.45) is 0 Å². The lowest BCUT2D eigenvalue weighted by molar-refractivity contribution is 0.360. The van der Waals surface area contributed by atoms with Gasteiger partial charge in [0.05, 0.1) is 7.11 Å². The molecule has 3 heteroatoms. The Balaban J connectivity index is 1.58. The predicted molar refractivity (Wildman–Crippen MR) is 125 cm³/mol. The highest BCUT2D eigenvalue weighted by Crippen LogP contribution is 2.31. The van der Waals surface area contributed by atoms with Crippen molar-refractivity contribution < 1.29 is 13.5 Å². The van der Waals surface area contributed by atoms with E-state index in [1.54, 1.807) is 0 Å². The third kappa shape index (κ3) is 4.61. The van der Waals surface area contributed by atoms with Crippen LogP contribution in [0.2, 0.25) is 0 Å². The van der Waals surface area contributed by atoms with Crippen LogP contribution in [0.25, 0.3) is 33.0 Å². The average molecular weight is 417 g/mol. The molecule has 158 valence electrons. The zero-order valence-corrected chi connectivity index (χ0v) is 17.9. The highest BCUT2D eigenvalue weighted by atomic mass is 19.1. The summed E-state index contributed by atoms with van der Waals surface area (Å²) in [6.07, 6.45) is 4.86. The summed E-state index contributed by atoms with van der Waals surface area (Å²) in [6.45, 7) is 2.22. The Bertz CT molecular complexity index is 1170. The zero-order chi connectivity index (χ0) is 21.8. The number of hydrogen-bond acceptors (Lipinski definition) is 1. The Hall–Kier alpha value is -3.20. The molecule has 0 heterocycles. The van der Waals surface area contributed by atoms with Crippen LogP contribution in [0.15, 0.2) is 72.8 Å². The molecule has 0 saturated heterocycles. The van der Waals surface area contributed by atoms with Crippen LogP contribution in [0.3, 0.4) is 0 Å². The summed E-state index contributed by atoms with van der Waals surface area (Å²) in [6, 6.07) is 23.5. The van der Waals surface area contributed by atoms with Crippen LogP contribution in [0.5, 0.6) is 5.75 Å². The predicted octanol–water partition coefficient (Wildman–Crippen LogP) is 8.19. The van der Waals surface area contributed by atoms with Gasteiger partial charge in [-0.3, -0.25) is 0 Å². The number of methoxy groups -OCH3 is 1. The second-order valence-corrected chi connectivity index (χ2v) is 7.90. The smallest absolute Gasteiger partial charge is 0.190 e. The molecule has 31 heavy (non-hydrogen) atoms. The Kier molecular flexibility index (Phi) is 6.31. The quantitative estimate of drug-likeness (QED) is 0.276. The third-order valence-electron chi connectivity index (χ3n) is 5.73. The summed E-state index contributed by atoms with van der Waals surface area (Å²) in [5, 5.41) is 2.46. The Morgan fingerprint density at radius 1 is 0.645 bits per heavy atom. The molecule has 0 atom stereocenters. The van der Waals surface area contributed by atoms with Crippen LogP contribution in [0.1, 0.15) is 31.7 Å². The Morgan fingerprint density at radius 3 is 1.87 bits per heavy atom. The first kappa shape index (κ1) is 21.0. The van der Waals surface area contributed by atoms with Gasteiger partial charge in [-0.2, -0.15) is 0 Å². The molecule has 0 aliphatic heterocycles. The highest BCUT2D eigenvalue weighted by Gasteiger charge is 2.12. The SMILES string of the molecule is CCCCCc1ccc2cc(-c3ccc(-c4cc(F)c(OC)c(F)c4)cc3)ccc2c1. The highest BCUT2D eigenvalue weighted by molar-refractivity contribution is 5.88. The Labute approximate surface area is 182 Å². The van der Waals surface area contributed by atoms with E-state index in [0.29, 0.717) is 5.56 Å². The lowest BCUT2D eigenvalue weighted by Gasteiger charge is -2.09. The topological polar surface area (TPSA) is 9.23 Å². The van der Waals surface area contributed by atoms with Gasteiger partial charge in [-0.05, 0) is 69.6 Å². The van der Waals surface area contributed by atoms with Crippen LogP contribution in [-0.4, -0.2) is 7.11 Å². The van der Waals surface area contributed by atoms with Gasteiger partial charge in [-0.1, -0.05) is 74.4 Å². The fraction of sp³-hybridized carbons (Fsp3) is 0.214. The van der Waals surface area contributed by atoms with Crippen molar-refractivity contribution in [2.45, 2.75) is 32.6 Å². The van der Waals surface area contributed by atoms with Crippen LogP contribution < -0.4 is 4.74 Å². The molecule has 0 amide bonds. The Morgan fingerprint density at radius 2 is 1.23 bits per heavy atom. The largest absolute Gasteiger partial charge is 0.491 e. The summed E-state index contributed by atoms with van der Waals surface area (Å²) >= 11 is 0. The van der Waals surface area contributed by atoms with Crippen molar-refractivity contribution >= 4 is 10.8 Å². The first-order valence-corrected chi connectivity index (χ1v) is 10.8. The lowest BCUT2D eigenvalue weighted by Crippen LogP contribution is -1.93. The number of hydrogen-bond donors (Lipinski definition) is 0. The molecule has 0 aliphatic rings. The van der Waals surface area contributed by atoms with Gasteiger partial charge in [0.1, 0.15) is 0 Å². The number of unbranched alkanes of at least 4 members (excludes halogenated alkanes) is 2. The van der Waals surface area contributed by atoms with Crippen molar-refractivity contribution in [1.82, 2.24) is 0 Å². The molecule has 0 radical (unpaired) electrons. The van der Waals surface area contributed by atoms with E-state index in [2.05, 4.69) is 43.3 Å². The summed E-state index contributed by atoms with van der Waals surface area (Å²) < 4.78 is 32.8. The zero-order valence-electron chi connectivity index (χ0n) is 17.9. The van der Waals surface area contributed by atoms with Gasteiger partial charge in [-0.25, -0.2) is 8.78 Å². The lowest BCUT2D eigenvalue weighted by atomic mass is 9.97. The van der Waals surface area contributed by atoms with Crippen molar-refractivity contribution in [2.75, 3.05) is 7.11 Å². The van der Waals surface area contributed by atoms with E-state index in [9.17, 15) is 8.78 Å². The van der Waals surface area contributed by atoms with Crippen LogP contribution in [0, 0.1) is 11.6 Å². The average Bonchev–Trinajstić information content (AvgIpc) is 2.79. The van der Waals surface area contributed by atoms with E-state index in [1.165, 1.54) is 54.8 Å². The molecule has 0 N–H and O–H groups in total. The first-order chi connectivity index (χ1) is 15.1. The van der Waals surface area contributed by atoms with E-state index < -0.39 is 11.6 Å². The van der Waals surface area contributed by atoms with E-state index in [-0.39, 0.29) is 5.75 Å². The van der Waals surface area contributed by atoms with Crippen LogP contribution in [-0.2, 0) is 6.42 Å². The molecule has 1 nitrogen and oxygen atoms in total. The third-order valence-corrected chi connectivity index (χ3v) is 5.73. The molecule has 0 saturated carbocycles. The van der Waals surface area contributed by atoms with Crippen molar-refractivity contribution in [3.63, 3.8) is 0 Å². The number of fused-ring (bicyclic) bond motifs is 1. The van der Waals surface area contributed by atoms with Gasteiger partial charge in [-0.15, -0.1) is 0 Å².